The highest BCUT2D eigenvalue weighted by molar-refractivity contribution is 5.94. The number of carbonyl (C=O) groups is 2. The van der Waals surface area contributed by atoms with Crippen LogP contribution >= 0.6 is 0 Å². The van der Waals surface area contributed by atoms with Gasteiger partial charge in [0.1, 0.15) is 5.75 Å². The third kappa shape index (κ3) is 6.61. The maximum atomic E-state index is 13.1. The van der Waals surface area contributed by atoms with Crippen molar-refractivity contribution in [2.75, 3.05) is 7.11 Å². The second-order valence-electron chi connectivity index (χ2n) is 11.4. The minimum absolute atomic E-state index is 0.402. The predicted octanol–water partition coefficient (Wildman–Crippen LogP) is 8.69. The Bertz CT molecular complexity index is 1290. The van der Waals surface area contributed by atoms with Crippen molar-refractivity contribution in [3.63, 3.8) is 0 Å². The zero-order valence-corrected chi connectivity index (χ0v) is 23.3. The molecule has 2 aliphatic rings. The highest BCUT2D eigenvalue weighted by Gasteiger charge is 2.23. The summed E-state index contributed by atoms with van der Waals surface area (Å²) < 4.78 is 10.7. The van der Waals surface area contributed by atoms with E-state index in [9.17, 15) is 9.59 Å². The van der Waals surface area contributed by atoms with Gasteiger partial charge in [-0.25, -0.2) is 9.59 Å². The van der Waals surface area contributed by atoms with Crippen LogP contribution in [0.3, 0.4) is 0 Å². The standard InChI is InChI=1S/C35H40O4/c1-24-13-14-25(22-31(24)27-9-5-3-6-10-27)21-26-15-20-33(32(23-26)28-11-7-4-8-12-28)39-35(37)30-18-16-29(17-19-30)34(36)38-2/h13-20,22-23,27-28H,3-12,21H2,1-2H3. The van der Waals surface area contributed by atoms with Crippen molar-refractivity contribution in [1.29, 1.82) is 0 Å². The molecular weight excluding hydrogens is 484 g/mol. The molecule has 0 unspecified atom stereocenters. The van der Waals surface area contributed by atoms with Crippen LogP contribution in [0.4, 0.5) is 0 Å². The summed E-state index contributed by atoms with van der Waals surface area (Å²) in [6.45, 7) is 2.25. The molecule has 2 fully saturated rings. The first kappa shape index (κ1) is 27.2. The number of carbonyl (C=O) groups excluding carboxylic acids is 2. The Morgan fingerprint density at radius 3 is 1.77 bits per heavy atom. The van der Waals surface area contributed by atoms with E-state index in [1.807, 2.05) is 6.07 Å². The van der Waals surface area contributed by atoms with Gasteiger partial charge in [-0.3, -0.25) is 0 Å². The van der Waals surface area contributed by atoms with Gasteiger partial charge in [0, 0.05) is 0 Å². The minimum Gasteiger partial charge on any atom is -0.465 e. The van der Waals surface area contributed by atoms with Gasteiger partial charge in [-0.15, -0.1) is 0 Å². The monoisotopic (exact) mass is 524 g/mol. The van der Waals surface area contributed by atoms with Crippen molar-refractivity contribution in [2.45, 2.75) is 89.4 Å². The van der Waals surface area contributed by atoms with E-state index >= 15 is 0 Å². The Morgan fingerprint density at radius 1 is 0.667 bits per heavy atom. The lowest BCUT2D eigenvalue weighted by atomic mass is 9.81. The summed E-state index contributed by atoms with van der Waals surface area (Å²) in [5, 5.41) is 0. The lowest BCUT2D eigenvalue weighted by molar-refractivity contribution is 0.0599. The minimum atomic E-state index is -0.426. The SMILES string of the molecule is COC(=O)c1ccc(C(=O)Oc2ccc(Cc3ccc(C)c(C4CCCCC4)c3)cc2C2CCCCC2)cc1. The normalized spacial score (nSPS) is 16.6. The van der Waals surface area contributed by atoms with Crippen molar-refractivity contribution < 1.29 is 19.1 Å². The first-order chi connectivity index (χ1) is 19.0. The largest absolute Gasteiger partial charge is 0.465 e. The molecule has 0 bridgehead atoms. The fourth-order valence-electron chi connectivity index (χ4n) is 6.44. The number of methoxy groups -OCH3 is 1. The fraction of sp³-hybridized carbons (Fsp3) is 0.429. The molecule has 3 aromatic rings. The zero-order chi connectivity index (χ0) is 27.2. The quantitative estimate of drug-likeness (QED) is 0.229. The molecule has 0 radical (unpaired) electrons. The van der Waals surface area contributed by atoms with Gasteiger partial charge in [0.05, 0.1) is 18.2 Å². The molecule has 4 nitrogen and oxygen atoms in total. The van der Waals surface area contributed by atoms with Gasteiger partial charge >= 0.3 is 11.9 Å². The highest BCUT2D eigenvalue weighted by atomic mass is 16.5. The number of esters is 2. The molecule has 3 aromatic carbocycles. The molecule has 2 aliphatic carbocycles. The van der Waals surface area contributed by atoms with Crippen LogP contribution in [0.5, 0.6) is 5.75 Å². The molecule has 5 rings (SSSR count). The first-order valence-electron chi connectivity index (χ1n) is 14.6. The molecule has 0 saturated heterocycles. The Morgan fingerprint density at radius 2 is 1.18 bits per heavy atom. The third-order valence-corrected chi connectivity index (χ3v) is 8.66. The second kappa shape index (κ2) is 12.6. The molecule has 0 aliphatic heterocycles. The molecule has 0 spiro atoms. The van der Waals surface area contributed by atoms with Crippen molar-refractivity contribution >= 4 is 11.9 Å². The van der Waals surface area contributed by atoms with Crippen molar-refractivity contribution in [3.8, 4) is 5.75 Å². The summed E-state index contributed by atoms with van der Waals surface area (Å²) in [5.41, 5.74) is 7.52. The van der Waals surface area contributed by atoms with E-state index in [0.29, 0.717) is 28.7 Å². The molecule has 0 N–H and O–H groups in total. The average molecular weight is 525 g/mol. The maximum absolute atomic E-state index is 13.1. The summed E-state index contributed by atoms with van der Waals surface area (Å²) in [6.07, 6.45) is 13.5. The van der Waals surface area contributed by atoms with Gasteiger partial charge in [-0.1, -0.05) is 68.9 Å². The summed E-state index contributed by atoms with van der Waals surface area (Å²) in [7, 11) is 1.34. The van der Waals surface area contributed by atoms with Crippen LogP contribution < -0.4 is 4.74 Å². The summed E-state index contributed by atoms with van der Waals surface area (Å²) >= 11 is 0. The van der Waals surface area contributed by atoms with Crippen molar-refractivity contribution in [2.24, 2.45) is 0 Å². The van der Waals surface area contributed by atoms with E-state index in [4.69, 9.17) is 9.47 Å². The predicted molar refractivity (Wildman–Crippen MR) is 155 cm³/mol. The molecule has 0 atom stereocenters. The molecule has 0 heterocycles. The van der Waals surface area contributed by atoms with E-state index in [1.54, 1.807) is 24.3 Å². The summed E-state index contributed by atoms with van der Waals surface area (Å²) in [4.78, 5) is 24.8. The number of hydrogen-bond acceptors (Lipinski definition) is 4. The number of benzene rings is 3. The van der Waals surface area contributed by atoms with E-state index in [2.05, 4.69) is 37.3 Å². The van der Waals surface area contributed by atoms with Crippen molar-refractivity contribution in [3.05, 3.63) is 99.6 Å². The van der Waals surface area contributed by atoms with Crippen molar-refractivity contribution in [1.82, 2.24) is 0 Å². The third-order valence-electron chi connectivity index (χ3n) is 8.66. The smallest absolute Gasteiger partial charge is 0.343 e. The Balaban J connectivity index is 1.38. The lowest BCUT2D eigenvalue weighted by Gasteiger charge is -2.25. The fourth-order valence-corrected chi connectivity index (χ4v) is 6.44. The van der Waals surface area contributed by atoms with Gasteiger partial charge < -0.3 is 9.47 Å². The van der Waals surface area contributed by atoms with E-state index < -0.39 is 11.9 Å². The van der Waals surface area contributed by atoms with Gasteiger partial charge in [0.15, 0.2) is 0 Å². The average Bonchev–Trinajstić information content (AvgIpc) is 2.99. The van der Waals surface area contributed by atoms with Crippen LogP contribution in [0.2, 0.25) is 0 Å². The van der Waals surface area contributed by atoms with Crippen LogP contribution in [0.15, 0.2) is 60.7 Å². The maximum Gasteiger partial charge on any atom is 0.343 e. The van der Waals surface area contributed by atoms with Gasteiger partial charge in [0.25, 0.3) is 0 Å². The van der Waals surface area contributed by atoms with Gasteiger partial charge in [-0.2, -0.15) is 0 Å². The molecular formula is C35H40O4. The van der Waals surface area contributed by atoms with Gasteiger partial charge in [0.2, 0.25) is 0 Å². The molecule has 204 valence electrons. The van der Waals surface area contributed by atoms with Crippen LogP contribution in [0.1, 0.15) is 125 Å². The molecule has 39 heavy (non-hydrogen) atoms. The van der Waals surface area contributed by atoms with E-state index in [-0.39, 0.29) is 0 Å². The molecule has 4 heteroatoms. The number of rotatable bonds is 7. The molecule has 0 amide bonds. The summed E-state index contributed by atoms with van der Waals surface area (Å²) in [5.74, 6) is 0.912. The lowest BCUT2D eigenvalue weighted by Crippen LogP contribution is -2.13. The zero-order valence-electron chi connectivity index (χ0n) is 23.3. The Kier molecular flexibility index (Phi) is 8.81. The Hall–Kier alpha value is -3.40. The highest BCUT2D eigenvalue weighted by Crippen LogP contribution is 2.39. The summed E-state index contributed by atoms with van der Waals surface area (Å²) in [6, 6.07) is 19.8. The topological polar surface area (TPSA) is 52.6 Å². The number of ether oxygens (including phenoxy) is 2. The number of aryl methyl sites for hydroxylation is 1. The first-order valence-corrected chi connectivity index (χ1v) is 14.6. The van der Waals surface area contributed by atoms with E-state index in [0.717, 1.165) is 24.8 Å². The van der Waals surface area contributed by atoms with Crippen LogP contribution in [-0.2, 0) is 11.2 Å². The van der Waals surface area contributed by atoms with Gasteiger partial charge in [-0.05, 0) is 109 Å². The van der Waals surface area contributed by atoms with Crippen LogP contribution in [0.25, 0.3) is 0 Å². The van der Waals surface area contributed by atoms with E-state index in [1.165, 1.54) is 80.7 Å². The second-order valence-corrected chi connectivity index (χ2v) is 11.4. The Labute approximate surface area is 232 Å². The van der Waals surface area contributed by atoms with Crippen LogP contribution in [0, 0.1) is 6.92 Å². The molecule has 2 saturated carbocycles. The number of hydrogen-bond donors (Lipinski definition) is 0. The van der Waals surface area contributed by atoms with Crippen LogP contribution in [-0.4, -0.2) is 19.0 Å². The molecule has 0 aromatic heterocycles.